The van der Waals surface area contributed by atoms with E-state index in [0.29, 0.717) is 23.1 Å². The Morgan fingerprint density at radius 3 is 2.28 bits per heavy atom. The van der Waals surface area contributed by atoms with Gasteiger partial charge in [0.1, 0.15) is 24.0 Å². The van der Waals surface area contributed by atoms with Gasteiger partial charge in [0.15, 0.2) is 0 Å². The van der Waals surface area contributed by atoms with Crippen LogP contribution in [0.25, 0.3) is 16.5 Å². The average molecular weight is 635 g/mol. The zero-order chi connectivity index (χ0) is 34.0. The third-order valence-electron chi connectivity index (χ3n) is 6.91. The Hall–Kier alpha value is -6.00. The minimum absolute atomic E-state index is 0.201. The van der Waals surface area contributed by atoms with Gasteiger partial charge in [-0.15, -0.1) is 0 Å². The zero-order valence-corrected chi connectivity index (χ0v) is 27.2. The van der Waals surface area contributed by atoms with Gasteiger partial charge in [0, 0.05) is 42.5 Å². The first-order chi connectivity index (χ1) is 22.5. The zero-order valence-electron chi connectivity index (χ0n) is 27.2. The van der Waals surface area contributed by atoms with Crippen molar-refractivity contribution < 1.29 is 19.1 Å². The number of fused-ring (bicyclic) bond motifs is 1. The topological polar surface area (TPSA) is 152 Å². The molecule has 12 heteroatoms. The van der Waals surface area contributed by atoms with Gasteiger partial charge < -0.3 is 15.4 Å². The summed E-state index contributed by atoms with van der Waals surface area (Å²) in [4.78, 5) is 40.9. The average Bonchev–Trinajstić information content (AvgIpc) is 3.49. The summed E-state index contributed by atoms with van der Waals surface area (Å²) in [5, 5.41) is 17.6. The molecule has 0 unspecified atom stereocenters. The van der Waals surface area contributed by atoms with Crippen molar-refractivity contribution in [3.8, 4) is 11.4 Å². The lowest BCUT2D eigenvalue weighted by Gasteiger charge is -2.15. The van der Waals surface area contributed by atoms with Crippen molar-refractivity contribution in [2.75, 3.05) is 30.0 Å². The summed E-state index contributed by atoms with van der Waals surface area (Å²) in [7, 11) is 2.92. The number of isocyanates is 1. The number of anilines is 3. The third kappa shape index (κ3) is 9.03. The van der Waals surface area contributed by atoms with Gasteiger partial charge in [-0.3, -0.25) is 10.6 Å². The minimum Gasteiger partial charge on any atom is -0.488 e. The van der Waals surface area contributed by atoms with E-state index in [1.165, 1.54) is 13.1 Å². The molecule has 4 amide bonds. The first-order valence-electron chi connectivity index (χ1n) is 14.8. The number of aromatic nitrogens is 3. The molecule has 242 valence electrons. The van der Waals surface area contributed by atoms with Gasteiger partial charge in [-0.05, 0) is 48.9 Å². The number of amides is 4. The summed E-state index contributed by atoms with van der Waals surface area (Å²) in [5.41, 5.74) is 4.14. The van der Waals surface area contributed by atoms with E-state index in [9.17, 15) is 9.59 Å². The number of carbonyl (C=O) groups excluding carboxylic acids is 3. The number of hydrogen-bond acceptors (Lipinski definition) is 7. The van der Waals surface area contributed by atoms with Crippen LogP contribution in [0.2, 0.25) is 0 Å². The molecule has 2 heterocycles. The van der Waals surface area contributed by atoms with Crippen molar-refractivity contribution in [1.82, 2.24) is 20.1 Å². The fourth-order valence-electron chi connectivity index (χ4n) is 4.47. The van der Waals surface area contributed by atoms with E-state index >= 15 is 0 Å². The highest BCUT2D eigenvalue weighted by Gasteiger charge is 2.22. The Balaban J connectivity index is 0.00000118. The predicted molar refractivity (Wildman–Crippen MR) is 184 cm³/mol. The number of pyridine rings is 1. The molecule has 2 aromatic heterocycles. The maximum atomic E-state index is 13.3. The second-order valence-electron chi connectivity index (χ2n) is 11.5. The molecule has 0 aliphatic rings. The number of nitrogens with one attached hydrogen (secondary N) is 4. The maximum Gasteiger partial charge on any atom is 0.324 e. The van der Waals surface area contributed by atoms with Crippen molar-refractivity contribution in [3.05, 3.63) is 102 Å². The van der Waals surface area contributed by atoms with Crippen LogP contribution in [-0.4, -0.2) is 47.0 Å². The summed E-state index contributed by atoms with van der Waals surface area (Å²) in [5.74, 6) is 1.65. The fourth-order valence-corrected chi connectivity index (χ4v) is 4.47. The van der Waals surface area contributed by atoms with E-state index < -0.39 is 0 Å². The summed E-state index contributed by atoms with van der Waals surface area (Å²) in [6.07, 6.45) is 2.92. The van der Waals surface area contributed by atoms with Gasteiger partial charge in [-0.2, -0.15) is 5.10 Å². The lowest BCUT2D eigenvalue weighted by molar-refractivity contribution is 0.253. The molecular weight excluding hydrogens is 596 g/mol. The van der Waals surface area contributed by atoms with Crippen LogP contribution >= 0.6 is 0 Å². The van der Waals surface area contributed by atoms with Crippen molar-refractivity contribution in [3.63, 3.8) is 0 Å². The molecule has 4 N–H and O–H groups in total. The van der Waals surface area contributed by atoms with E-state index in [4.69, 9.17) is 14.6 Å². The van der Waals surface area contributed by atoms with E-state index in [1.807, 2.05) is 79.7 Å². The second-order valence-corrected chi connectivity index (χ2v) is 11.5. The fraction of sp³-hybridized carbons (Fsp3) is 0.229. The number of ether oxygens (including phenoxy) is 1. The third-order valence-corrected chi connectivity index (χ3v) is 6.91. The van der Waals surface area contributed by atoms with E-state index in [1.54, 1.807) is 24.0 Å². The van der Waals surface area contributed by atoms with Crippen LogP contribution in [-0.2, 0) is 16.8 Å². The maximum absolute atomic E-state index is 13.3. The van der Waals surface area contributed by atoms with Crippen molar-refractivity contribution in [1.29, 1.82) is 0 Å². The van der Waals surface area contributed by atoms with Crippen LogP contribution in [0.1, 0.15) is 37.6 Å². The number of aliphatic imine (C=N–C) groups is 1. The van der Waals surface area contributed by atoms with Crippen molar-refractivity contribution in [2.45, 2.75) is 39.7 Å². The summed E-state index contributed by atoms with van der Waals surface area (Å²) in [6.45, 7) is 8.56. The highest BCUT2D eigenvalue weighted by molar-refractivity contribution is 6.07. The van der Waals surface area contributed by atoms with Crippen molar-refractivity contribution in [2.24, 2.45) is 4.99 Å². The number of hydrogen-bond donors (Lipinski definition) is 4. The number of urea groups is 2. The Kier molecular flexibility index (Phi) is 11.1. The Morgan fingerprint density at radius 1 is 0.915 bits per heavy atom. The molecule has 3 aromatic carbocycles. The highest BCUT2D eigenvalue weighted by atomic mass is 16.5. The SMILES string of the molecule is CN=C=O.CNC(=O)Nc1cc(COc2ccc(NC(=O)Nc3cc(C(C)(C)C)nn3-c3ccc(C)cc3)c3ccccc23)ccn1. The number of benzene rings is 3. The van der Waals surface area contributed by atoms with Gasteiger partial charge in [0.25, 0.3) is 0 Å². The molecule has 0 aliphatic carbocycles. The summed E-state index contributed by atoms with van der Waals surface area (Å²) >= 11 is 0. The Morgan fingerprint density at radius 2 is 1.62 bits per heavy atom. The molecule has 0 fully saturated rings. The van der Waals surface area contributed by atoms with Gasteiger partial charge in [0.05, 0.1) is 17.1 Å². The van der Waals surface area contributed by atoms with Crippen LogP contribution < -0.4 is 26.0 Å². The van der Waals surface area contributed by atoms with E-state index in [2.05, 4.69) is 52.0 Å². The highest BCUT2D eigenvalue weighted by Crippen LogP contribution is 2.33. The van der Waals surface area contributed by atoms with Crippen LogP contribution in [0.3, 0.4) is 0 Å². The van der Waals surface area contributed by atoms with Gasteiger partial charge in [-0.1, -0.05) is 62.7 Å². The Bertz CT molecular complexity index is 1910. The van der Waals surface area contributed by atoms with E-state index in [0.717, 1.165) is 33.3 Å². The second kappa shape index (κ2) is 15.3. The van der Waals surface area contributed by atoms with Crippen LogP contribution in [0.15, 0.2) is 90.1 Å². The molecule has 0 bridgehead atoms. The predicted octanol–water partition coefficient (Wildman–Crippen LogP) is 6.95. The molecule has 0 radical (unpaired) electrons. The molecule has 0 atom stereocenters. The first-order valence-corrected chi connectivity index (χ1v) is 14.8. The monoisotopic (exact) mass is 634 g/mol. The van der Waals surface area contributed by atoms with Gasteiger partial charge in [0.2, 0.25) is 6.08 Å². The van der Waals surface area contributed by atoms with Crippen LogP contribution in [0.5, 0.6) is 5.75 Å². The van der Waals surface area contributed by atoms with E-state index in [-0.39, 0.29) is 24.1 Å². The quantitative estimate of drug-likeness (QED) is 0.112. The number of aryl methyl sites for hydroxylation is 1. The standard InChI is InChI=1S/C33H35N7O3.C2H3NO/c1-21-10-12-23(13-11-21)40-30(19-28(39-40)33(2,3)4)38-32(42)36-26-14-15-27(25-9-7-6-8-24(25)26)43-20-22-16-17-35-29(18-22)37-31(41)34-5;1-3-2-4/h6-19H,20H2,1-5H3,(H2,36,38,42)(H2,34,35,37,41);1H3. The molecule has 12 nitrogen and oxygen atoms in total. The number of carbonyl (C=O) groups is 2. The van der Waals surface area contributed by atoms with Crippen LogP contribution in [0, 0.1) is 6.92 Å². The molecule has 0 saturated carbocycles. The molecule has 5 aromatic rings. The van der Waals surface area contributed by atoms with Gasteiger partial charge in [-0.25, -0.2) is 29.0 Å². The normalized spacial score (nSPS) is 10.6. The number of nitrogens with zero attached hydrogens (tertiary/aromatic N) is 4. The molecule has 47 heavy (non-hydrogen) atoms. The lowest BCUT2D eigenvalue weighted by atomic mass is 9.92. The molecule has 0 aliphatic heterocycles. The Labute approximate surface area is 273 Å². The molecule has 0 spiro atoms. The lowest BCUT2D eigenvalue weighted by Crippen LogP contribution is -2.25. The summed E-state index contributed by atoms with van der Waals surface area (Å²) in [6, 6.07) is 24.1. The number of rotatable bonds is 7. The van der Waals surface area contributed by atoms with Crippen molar-refractivity contribution >= 4 is 46.2 Å². The van der Waals surface area contributed by atoms with Gasteiger partial charge >= 0.3 is 12.1 Å². The molecule has 0 saturated heterocycles. The van der Waals surface area contributed by atoms with Crippen LogP contribution in [0.4, 0.5) is 26.9 Å². The smallest absolute Gasteiger partial charge is 0.324 e. The summed E-state index contributed by atoms with van der Waals surface area (Å²) < 4.78 is 7.91. The largest absolute Gasteiger partial charge is 0.488 e. The molecule has 5 rings (SSSR count). The molecular formula is C35H38N8O4. The minimum atomic E-state index is -0.388. The first kappa shape index (κ1) is 33.9.